The zero-order chi connectivity index (χ0) is 19.8. The van der Waals surface area contributed by atoms with Crippen LogP contribution in [0.25, 0.3) is 11.1 Å². The minimum Gasteiger partial charge on any atom is -0.493 e. The average Bonchev–Trinajstić information content (AvgIpc) is 2.94. The van der Waals surface area contributed by atoms with Gasteiger partial charge in [-0.05, 0) is 37.6 Å². The molecule has 3 rings (SSSR count). The van der Waals surface area contributed by atoms with E-state index in [2.05, 4.69) is 4.72 Å². The van der Waals surface area contributed by atoms with Crippen LogP contribution in [0.5, 0.6) is 11.5 Å². The van der Waals surface area contributed by atoms with Crippen molar-refractivity contribution in [2.45, 2.75) is 25.3 Å². The topological polar surface area (TPSA) is 99.8 Å². The van der Waals surface area contributed by atoms with Gasteiger partial charge in [-0.3, -0.25) is 9.29 Å². The third kappa shape index (κ3) is 3.37. The van der Waals surface area contributed by atoms with Crippen molar-refractivity contribution >= 4 is 26.8 Å². The Balaban J connectivity index is 2.05. The van der Waals surface area contributed by atoms with Crippen molar-refractivity contribution in [1.82, 2.24) is 4.57 Å². The van der Waals surface area contributed by atoms with Gasteiger partial charge in [-0.15, -0.1) is 0 Å². The highest BCUT2D eigenvalue weighted by molar-refractivity contribution is 7.92. The lowest BCUT2D eigenvalue weighted by Gasteiger charge is -2.13. The van der Waals surface area contributed by atoms with Gasteiger partial charge in [-0.2, -0.15) is 0 Å². The van der Waals surface area contributed by atoms with Crippen molar-refractivity contribution in [3.8, 4) is 11.5 Å². The molecular weight excluding hydrogens is 372 g/mol. The normalized spacial score (nSPS) is 11.6. The molecule has 2 aromatic carbocycles. The number of methoxy groups -OCH3 is 2. The molecule has 0 aliphatic heterocycles. The molecule has 0 bridgehead atoms. The van der Waals surface area contributed by atoms with E-state index in [1.165, 1.54) is 30.9 Å². The maximum atomic E-state index is 12.9. The SMILES string of the molecule is CCn1c(=O)oc2cc(S(=O)(=O)Nc3ccc(OC)c(OC)c3)c(C)cc21. The Morgan fingerprint density at radius 1 is 1.11 bits per heavy atom. The van der Waals surface area contributed by atoms with E-state index in [1.54, 1.807) is 25.1 Å². The number of hydrogen-bond acceptors (Lipinski definition) is 6. The van der Waals surface area contributed by atoms with Crippen molar-refractivity contribution < 1.29 is 22.3 Å². The number of ether oxygens (including phenoxy) is 2. The molecule has 3 aromatic rings. The first kappa shape index (κ1) is 18.8. The summed E-state index contributed by atoms with van der Waals surface area (Å²) in [6.45, 7) is 3.91. The van der Waals surface area contributed by atoms with Crippen LogP contribution in [0, 0.1) is 6.92 Å². The minimum absolute atomic E-state index is 0.0294. The second-order valence-electron chi connectivity index (χ2n) is 5.87. The molecule has 0 amide bonds. The van der Waals surface area contributed by atoms with Crippen LogP contribution in [0.3, 0.4) is 0 Å². The zero-order valence-electron chi connectivity index (χ0n) is 15.4. The Bertz CT molecular complexity index is 1160. The third-order valence-electron chi connectivity index (χ3n) is 4.21. The molecule has 0 aliphatic carbocycles. The van der Waals surface area contributed by atoms with Gasteiger partial charge in [0.15, 0.2) is 17.1 Å². The summed E-state index contributed by atoms with van der Waals surface area (Å²) < 4.78 is 45.2. The average molecular weight is 392 g/mol. The van der Waals surface area contributed by atoms with Gasteiger partial charge in [0, 0.05) is 18.7 Å². The summed E-state index contributed by atoms with van der Waals surface area (Å²) in [5, 5.41) is 0. The smallest absolute Gasteiger partial charge is 0.419 e. The molecule has 0 fully saturated rings. The molecule has 0 unspecified atom stereocenters. The fraction of sp³-hybridized carbons (Fsp3) is 0.278. The van der Waals surface area contributed by atoms with E-state index in [1.807, 2.05) is 6.92 Å². The predicted molar refractivity (Wildman–Crippen MR) is 101 cm³/mol. The zero-order valence-corrected chi connectivity index (χ0v) is 16.2. The fourth-order valence-electron chi connectivity index (χ4n) is 2.89. The molecule has 1 aromatic heterocycles. The van der Waals surface area contributed by atoms with Gasteiger partial charge in [0.05, 0.1) is 30.3 Å². The summed E-state index contributed by atoms with van der Waals surface area (Å²) >= 11 is 0. The Hall–Kier alpha value is -2.94. The van der Waals surface area contributed by atoms with Crippen molar-refractivity contribution in [1.29, 1.82) is 0 Å². The third-order valence-corrected chi connectivity index (χ3v) is 5.73. The molecule has 1 heterocycles. The van der Waals surface area contributed by atoms with Crippen LogP contribution in [0.2, 0.25) is 0 Å². The van der Waals surface area contributed by atoms with E-state index in [-0.39, 0.29) is 10.5 Å². The monoisotopic (exact) mass is 392 g/mol. The van der Waals surface area contributed by atoms with Crippen molar-refractivity contribution in [3.63, 3.8) is 0 Å². The summed E-state index contributed by atoms with van der Waals surface area (Å²) in [5.74, 6) is 0.367. The number of aromatic nitrogens is 1. The number of rotatable bonds is 6. The lowest BCUT2D eigenvalue weighted by atomic mass is 10.2. The van der Waals surface area contributed by atoms with Gasteiger partial charge in [-0.1, -0.05) is 0 Å². The van der Waals surface area contributed by atoms with Gasteiger partial charge in [0.2, 0.25) is 0 Å². The Labute approximate surface area is 156 Å². The van der Waals surface area contributed by atoms with E-state index in [4.69, 9.17) is 13.9 Å². The number of anilines is 1. The number of fused-ring (bicyclic) bond motifs is 1. The minimum atomic E-state index is -3.91. The van der Waals surface area contributed by atoms with Gasteiger partial charge >= 0.3 is 5.76 Å². The lowest BCUT2D eigenvalue weighted by molar-refractivity contribution is 0.355. The summed E-state index contributed by atoms with van der Waals surface area (Å²) in [5.41, 5.74) is 1.60. The van der Waals surface area contributed by atoms with E-state index in [9.17, 15) is 13.2 Å². The Morgan fingerprint density at radius 3 is 2.44 bits per heavy atom. The molecule has 0 saturated heterocycles. The summed E-state index contributed by atoms with van der Waals surface area (Å²) in [6, 6.07) is 7.69. The first-order chi connectivity index (χ1) is 12.8. The molecule has 0 saturated carbocycles. The van der Waals surface area contributed by atoms with Crippen molar-refractivity contribution in [2.24, 2.45) is 0 Å². The van der Waals surface area contributed by atoms with Crippen LogP contribution < -0.4 is 20.0 Å². The number of nitrogens with one attached hydrogen (secondary N) is 1. The Kier molecular flexibility index (Phi) is 4.88. The maximum Gasteiger partial charge on any atom is 0.419 e. The summed E-state index contributed by atoms with van der Waals surface area (Å²) in [4.78, 5) is 11.9. The van der Waals surface area contributed by atoms with Crippen LogP contribution in [0.15, 0.2) is 44.4 Å². The van der Waals surface area contributed by atoms with Crippen molar-refractivity contribution in [3.05, 3.63) is 46.4 Å². The van der Waals surface area contributed by atoms with Gasteiger partial charge < -0.3 is 13.9 Å². The summed E-state index contributed by atoms with van der Waals surface area (Å²) in [7, 11) is -0.945. The van der Waals surface area contributed by atoms with Crippen LogP contribution in [-0.2, 0) is 16.6 Å². The molecule has 9 heteroatoms. The van der Waals surface area contributed by atoms with Crippen LogP contribution in [0.4, 0.5) is 5.69 Å². The highest BCUT2D eigenvalue weighted by Crippen LogP contribution is 2.31. The van der Waals surface area contributed by atoms with Crippen LogP contribution in [0.1, 0.15) is 12.5 Å². The van der Waals surface area contributed by atoms with Gasteiger partial charge in [0.25, 0.3) is 10.0 Å². The van der Waals surface area contributed by atoms with E-state index < -0.39 is 15.8 Å². The second-order valence-corrected chi connectivity index (χ2v) is 7.52. The number of benzene rings is 2. The molecule has 1 N–H and O–H groups in total. The molecule has 0 atom stereocenters. The number of hydrogen-bond donors (Lipinski definition) is 1. The lowest BCUT2D eigenvalue weighted by Crippen LogP contribution is -2.15. The standard InChI is InChI=1S/C18H20N2O6S/c1-5-20-13-8-11(2)17(10-15(13)26-18(20)21)27(22,23)19-12-6-7-14(24-3)16(9-12)25-4/h6-10,19H,5H2,1-4H3. The quantitative estimate of drug-likeness (QED) is 0.692. The maximum absolute atomic E-state index is 12.9. The number of sulfonamides is 1. The fourth-order valence-corrected chi connectivity index (χ4v) is 4.19. The number of oxazole rings is 1. The largest absolute Gasteiger partial charge is 0.493 e. The van der Waals surface area contributed by atoms with Crippen molar-refractivity contribution in [2.75, 3.05) is 18.9 Å². The summed E-state index contributed by atoms with van der Waals surface area (Å²) in [6.07, 6.45) is 0. The van der Waals surface area contributed by atoms with Gasteiger partial charge in [0.1, 0.15) is 0 Å². The molecule has 0 spiro atoms. The number of nitrogens with zero attached hydrogens (tertiary/aromatic N) is 1. The molecule has 27 heavy (non-hydrogen) atoms. The highest BCUT2D eigenvalue weighted by atomic mass is 32.2. The molecular formula is C18H20N2O6S. The molecule has 8 nitrogen and oxygen atoms in total. The molecule has 0 aliphatic rings. The van der Waals surface area contributed by atoms with E-state index >= 15 is 0 Å². The number of aryl methyl sites for hydroxylation is 2. The highest BCUT2D eigenvalue weighted by Gasteiger charge is 2.21. The predicted octanol–water partition coefficient (Wildman–Crippen LogP) is 2.74. The second kappa shape index (κ2) is 6.99. The van der Waals surface area contributed by atoms with Gasteiger partial charge in [-0.25, -0.2) is 13.2 Å². The van der Waals surface area contributed by atoms with Crippen LogP contribution >= 0.6 is 0 Å². The molecule has 144 valence electrons. The van der Waals surface area contributed by atoms with E-state index in [0.717, 1.165) is 0 Å². The Morgan fingerprint density at radius 2 is 1.81 bits per heavy atom. The van der Waals surface area contributed by atoms with E-state index in [0.29, 0.717) is 34.8 Å². The first-order valence-electron chi connectivity index (χ1n) is 8.19. The first-order valence-corrected chi connectivity index (χ1v) is 9.68. The molecule has 0 radical (unpaired) electrons. The van der Waals surface area contributed by atoms with Crippen LogP contribution in [-0.4, -0.2) is 27.2 Å².